The smallest absolute Gasteiger partial charge is 0.316 e. The lowest BCUT2D eigenvalue weighted by Crippen LogP contribution is -1.82. The Bertz CT molecular complexity index is 132. The molecule has 11 heavy (non-hydrogen) atoms. The molecular formula is C5H12NO4P. The molecule has 0 amide bonds. The van der Waals surface area contributed by atoms with Crippen LogP contribution >= 0.6 is 8.25 Å². The number of hydrogen-bond acceptors (Lipinski definition) is 4. The summed E-state index contributed by atoms with van der Waals surface area (Å²) in [4.78, 5) is 16.5. The molecule has 0 saturated heterocycles. The normalized spacial score (nSPS) is 10.7. The summed E-state index contributed by atoms with van der Waals surface area (Å²) in [6, 6.07) is 0. The summed E-state index contributed by atoms with van der Waals surface area (Å²) in [5, 5.41) is 5.40. The highest BCUT2D eigenvalue weighted by atomic mass is 31.1. The predicted molar refractivity (Wildman–Crippen MR) is 40.5 cm³/mol. The Hall–Kier alpha value is -0.470. The van der Waals surface area contributed by atoms with E-state index in [0.717, 1.165) is 18.9 Å². The van der Waals surface area contributed by atoms with Crippen molar-refractivity contribution in [3.8, 4) is 0 Å². The zero-order valence-electron chi connectivity index (χ0n) is 6.29. The minimum Gasteiger partial charge on any atom is -0.326 e. The van der Waals surface area contributed by atoms with Gasteiger partial charge in [-0.1, -0.05) is 13.3 Å². The molecule has 0 rings (SSSR count). The van der Waals surface area contributed by atoms with Crippen molar-refractivity contribution >= 4 is 14.3 Å². The first kappa shape index (κ1) is 13.1. The molecule has 66 valence electrons. The highest BCUT2D eigenvalue weighted by Gasteiger charge is 1.87. The van der Waals surface area contributed by atoms with E-state index < -0.39 is 8.25 Å². The number of unbranched alkanes of at least 4 members (excludes halogenated alkanes) is 1. The van der Waals surface area contributed by atoms with Crippen LogP contribution in [0.1, 0.15) is 19.8 Å². The van der Waals surface area contributed by atoms with Crippen LogP contribution in [0.4, 0.5) is 0 Å². The maximum atomic E-state index is 9.84. The molecule has 0 aliphatic rings. The SMILES string of the molecule is CCCCO[PH](=O)O.N=C=O. The van der Waals surface area contributed by atoms with E-state index in [-0.39, 0.29) is 0 Å². The van der Waals surface area contributed by atoms with E-state index in [1.54, 1.807) is 0 Å². The van der Waals surface area contributed by atoms with Crippen LogP contribution in [0.3, 0.4) is 0 Å². The van der Waals surface area contributed by atoms with Gasteiger partial charge >= 0.3 is 8.25 Å². The van der Waals surface area contributed by atoms with Gasteiger partial charge in [-0.3, -0.25) is 4.57 Å². The van der Waals surface area contributed by atoms with Gasteiger partial charge in [0.05, 0.1) is 6.61 Å². The summed E-state index contributed by atoms with van der Waals surface area (Å²) in [7, 11) is -2.66. The van der Waals surface area contributed by atoms with Crippen LogP contribution in [0, 0.1) is 5.41 Å². The Morgan fingerprint density at radius 1 is 1.73 bits per heavy atom. The number of hydrogen-bond donors (Lipinski definition) is 2. The van der Waals surface area contributed by atoms with Gasteiger partial charge < -0.3 is 9.42 Å². The van der Waals surface area contributed by atoms with Gasteiger partial charge in [-0.05, 0) is 6.42 Å². The van der Waals surface area contributed by atoms with E-state index in [4.69, 9.17) is 15.1 Å². The third-order valence-electron chi connectivity index (χ3n) is 0.723. The fraction of sp³-hybridized carbons (Fsp3) is 0.800. The molecule has 0 aromatic carbocycles. The first-order valence-corrected chi connectivity index (χ1v) is 4.35. The standard InChI is InChI=1S/C4H11O3P.CHNO/c1-2-3-4-7-8(5)6;2-1-3/h8H,2-4H2,1H3,(H,5,6);2H. The van der Waals surface area contributed by atoms with Crippen molar-refractivity contribution in [3.05, 3.63) is 0 Å². The molecule has 1 unspecified atom stereocenters. The van der Waals surface area contributed by atoms with Gasteiger partial charge in [-0.25, -0.2) is 10.2 Å². The van der Waals surface area contributed by atoms with Crippen molar-refractivity contribution < 1.29 is 18.8 Å². The van der Waals surface area contributed by atoms with Gasteiger partial charge in [-0.15, -0.1) is 0 Å². The quantitative estimate of drug-likeness (QED) is 0.294. The number of carbonyl (C=O) groups excluding carboxylic acids is 1. The highest BCUT2D eigenvalue weighted by molar-refractivity contribution is 7.32. The molecule has 0 radical (unpaired) electrons. The summed E-state index contributed by atoms with van der Waals surface area (Å²) < 4.78 is 14.2. The van der Waals surface area contributed by atoms with E-state index in [9.17, 15) is 4.57 Å². The van der Waals surface area contributed by atoms with Crippen molar-refractivity contribution in [2.45, 2.75) is 19.8 Å². The molecule has 2 N–H and O–H groups in total. The number of rotatable bonds is 4. The van der Waals surface area contributed by atoms with Gasteiger partial charge in [0.1, 0.15) is 0 Å². The molecule has 0 saturated carbocycles. The average Bonchev–Trinajstić information content (AvgIpc) is 1.89. The first-order valence-electron chi connectivity index (χ1n) is 3.08. The monoisotopic (exact) mass is 181 g/mol. The van der Waals surface area contributed by atoms with Crippen molar-refractivity contribution in [2.24, 2.45) is 0 Å². The van der Waals surface area contributed by atoms with Gasteiger partial charge in [0.15, 0.2) is 0 Å². The summed E-state index contributed by atoms with van der Waals surface area (Å²) in [6.07, 6.45) is 2.60. The maximum Gasteiger partial charge on any atom is 0.316 e. The average molecular weight is 181 g/mol. The zero-order chi connectivity index (χ0) is 9.11. The molecule has 0 aromatic heterocycles. The van der Waals surface area contributed by atoms with Gasteiger partial charge in [0, 0.05) is 0 Å². The molecule has 6 heteroatoms. The van der Waals surface area contributed by atoms with Crippen LogP contribution in [-0.2, 0) is 13.9 Å². The summed E-state index contributed by atoms with van der Waals surface area (Å²) in [5.74, 6) is 0. The van der Waals surface area contributed by atoms with E-state index in [1.165, 1.54) is 0 Å². The van der Waals surface area contributed by atoms with Gasteiger partial charge in [0.2, 0.25) is 6.08 Å². The van der Waals surface area contributed by atoms with Crippen molar-refractivity contribution in [3.63, 3.8) is 0 Å². The second-order valence-electron chi connectivity index (χ2n) is 1.57. The largest absolute Gasteiger partial charge is 0.326 e. The van der Waals surface area contributed by atoms with Gasteiger partial charge in [0.25, 0.3) is 0 Å². The van der Waals surface area contributed by atoms with E-state index in [1.807, 2.05) is 6.92 Å². The predicted octanol–water partition coefficient (Wildman–Crippen LogP) is 1.09. The number of nitrogens with one attached hydrogen (secondary N) is 1. The topological polar surface area (TPSA) is 87.4 Å². The summed E-state index contributed by atoms with van der Waals surface area (Å²) in [6.45, 7) is 2.41. The van der Waals surface area contributed by atoms with E-state index in [0.29, 0.717) is 6.61 Å². The maximum absolute atomic E-state index is 9.84. The number of isocyanates is 1. The molecule has 0 fully saturated rings. The summed E-state index contributed by atoms with van der Waals surface area (Å²) >= 11 is 0. The fourth-order valence-electron chi connectivity index (χ4n) is 0.304. The molecule has 1 atom stereocenters. The fourth-order valence-corrected chi connectivity index (χ4v) is 0.623. The Kier molecular flexibility index (Phi) is 14.6. The van der Waals surface area contributed by atoms with Crippen LogP contribution in [0.2, 0.25) is 0 Å². The molecule has 5 nitrogen and oxygen atoms in total. The lowest BCUT2D eigenvalue weighted by Gasteiger charge is -1.94. The van der Waals surface area contributed by atoms with Crippen LogP contribution < -0.4 is 0 Å². The van der Waals surface area contributed by atoms with Crippen LogP contribution in [0.15, 0.2) is 0 Å². The van der Waals surface area contributed by atoms with Crippen LogP contribution in [-0.4, -0.2) is 17.6 Å². The molecule has 0 spiro atoms. The molecule has 0 aliphatic heterocycles. The highest BCUT2D eigenvalue weighted by Crippen LogP contribution is 2.14. The Balaban J connectivity index is 0. The minimum atomic E-state index is -2.66. The second-order valence-corrected chi connectivity index (χ2v) is 2.39. The summed E-state index contributed by atoms with van der Waals surface area (Å²) in [5.41, 5.74) is 0. The molecule has 0 aromatic rings. The molecule has 0 bridgehead atoms. The van der Waals surface area contributed by atoms with E-state index in [2.05, 4.69) is 4.52 Å². The van der Waals surface area contributed by atoms with Crippen molar-refractivity contribution in [1.29, 1.82) is 5.41 Å². The Morgan fingerprint density at radius 3 is 2.45 bits per heavy atom. The van der Waals surface area contributed by atoms with Crippen LogP contribution in [0.25, 0.3) is 0 Å². The van der Waals surface area contributed by atoms with Crippen molar-refractivity contribution in [1.82, 2.24) is 0 Å². The Labute approximate surface area is 65.8 Å². The van der Waals surface area contributed by atoms with E-state index >= 15 is 0 Å². The van der Waals surface area contributed by atoms with Crippen LogP contribution in [0.5, 0.6) is 0 Å². The molecule has 0 aliphatic carbocycles. The van der Waals surface area contributed by atoms with Crippen molar-refractivity contribution in [2.75, 3.05) is 6.61 Å². The third kappa shape index (κ3) is 26.3. The Morgan fingerprint density at radius 2 is 2.18 bits per heavy atom. The lowest BCUT2D eigenvalue weighted by molar-refractivity contribution is 0.276. The lowest BCUT2D eigenvalue weighted by atomic mass is 10.4. The van der Waals surface area contributed by atoms with Gasteiger partial charge in [-0.2, -0.15) is 0 Å². The molecular weight excluding hydrogens is 169 g/mol. The second kappa shape index (κ2) is 12.2. The molecule has 0 heterocycles. The first-order chi connectivity index (χ1) is 5.18. The zero-order valence-corrected chi connectivity index (χ0v) is 7.29. The minimum absolute atomic E-state index is 0.408. The third-order valence-corrected chi connectivity index (χ3v) is 1.17.